The molecule has 0 aromatic rings. The largest absolute Gasteiger partial charge is 0.296 e. The molecular weight excluding hydrogens is 284 g/mol. The van der Waals surface area contributed by atoms with E-state index in [0.717, 1.165) is 0 Å². The molecule has 2 N–H and O–H groups in total. The first-order valence-corrected chi connectivity index (χ1v) is 7.70. The summed E-state index contributed by atoms with van der Waals surface area (Å²) >= 11 is 0. The maximum atomic E-state index is 12.3. The Bertz CT molecular complexity index is 670. The minimum atomic E-state index is -0.535. The lowest BCUT2D eigenvalue weighted by atomic mass is 9.31. The van der Waals surface area contributed by atoms with Crippen molar-refractivity contribution in [2.45, 2.75) is 13.8 Å². The van der Waals surface area contributed by atoms with Crippen molar-refractivity contribution in [1.29, 1.82) is 0 Å². The lowest BCUT2D eigenvalue weighted by Crippen LogP contribution is -2.70. The number of nitrogens with one attached hydrogen (secondary N) is 2. The molecule has 0 radical (unpaired) electrons. The van der Waals surface area contributed by atoms with E-state index in [9.17, 15) is 19.2 Å². The van der Waals surface area contributed by atoms with Crippen LogP contribution in [0.25, 0.3) is 0 Å². The second-order valence-corrected chi connectivity index (χ2v) is 7.83. The summed E-state index contributed by atoms with van der Waals surface area (Å²) in [5, 5.41) is 4.90. The van der Waals surface area contributed by atoms with Crippen molar-refractivity contribution in [1.82, 2.24) is 10.6 Å². The number of hydrogen-bond donors (Lipinski definition) is 2. The molecule has 2 bridgehead atoms. The zero-order valence-corrected chi connectivity index (χ0v) is 12.3. The summed E-state index contributed by atoms with van der Waals surface area (Å²) in [6, 6.07) is 0. The maximum Gasteiger partial charge on any atom is 0.231 e. The van der Waals surface area contributed by atoms with Crippen LogP contribution in [0.2, 0.25) is 0 Å². The highest BCUT2D eigenvalue weighted by Crippen LogP contribution is 2.75. The van der Waals surface area contributed by atoms with Crippen LogP contribution in [0.15, 0.2) is 12.2 Å². The van der Waals surface area contributed by atoms with E-state index in [2.05, 4.69) is 10.6 Å². The van der Waals surface area contributed by atoms with Crippen molar-refractivity contribution in [2.75, 3.05) is 0 Å². The van der Waals surface area contributed by atoms with E-state index in [-0.39, 0.29) is 47.3 Å². The molecule has 2 saturated heterocycles. The first-order chi connectivity index (χ1) is 10.3. The van der Waals surface area contributed by atoms with Crippen molar-refractivity contribution in [3.05, 3.63) is 12.2 Å². The highest BCUT2D eigenvalue weighted by Gasteiger charge is 2.79. The summed E-state index contributed by atoms with van der Waals surface area (Å²) in [5.74, 6) is -2.56. The third kappa shape index (κ3) is 0.979. The fourth-order valence-electron chi connectivity index (χ4n) is 6.30. The number of fused-ring (bicyclic) bond motifs is 1. The van der Waals surface area contributed by atoms with Crippen LogP contribution in [0.5, 0.6) is 0 Å². The first kappa shape index (κ1) is 12.6. The average Bonchev–Trinajstić information content (AvgIpc) is 2.80. The molecule has 4 fully saturated rings. The number of imide groups is 2. The first-order valence-electron chi connectivity index (χ1n) is 7.70. The Hall–Kier alpha value is -1.98. The predicted octanol–water partition coefficient (Wildman–Crippen LogP) is -0.394. The van der Waals surface area contributed by atoms with Gasteiger partial charge in [-0.25, -0.2) is 0 Å². The van der Waals surface area contributed by atoms with Gasteiger partial charge in [0.2, 0.25) is 23.6 Å². The van der Waals surface area contributed by atoms with Gasteiger partial charge in [0.05, 0.1) is 23.7 Å². The molecule has 4 aliphatic carbocycles. The van der Waals surface area contributed by atoms with Crippen molar-refractivity contribution in [3.8, 4) is 0 Å². The lowest BCUT2D eigenvalue weighted by molar-refractivity contribution is -0.206. The van der Waals surface area contributed by atoms with E-state index < -0.39 is 22.7 Å². The van der Waals surface area contributed by atoms with Crippen molar-refractivity contribution >= 4 is 23.6 Å². The molecule has 114 valence electrons. The molecule has 8 unspecified atom stereocenters. The zero-order valence-electron chi connectivity index (χ0n) is 12.3. The number of rotatable bonds is 0. The number of carbonyl (C=O) groups is 4. The number of allylic oxidation sites excluding steroid dienone is 2. The molecule has 2 heterocycles. The van der Waals surface area contributed by atoms with Crippen LogP contribution >= 0.6 is 0 Å². The van der Waals surface area contributed by atoms with Gasteiger partial charge in [0.15, 0.2) is 0 Å². The van der Waals surface area contributed by atoms with Gasteiger partial charge in [-0.2, -0.15) is 0 Å². The third-order valence-electron chi connectivity index (χ3n) is 7.12. The fourth-order valence-corrected chi connectivity index (χ4v) is 6.30. The highest BCUT2D eigenvalue weighted by molar-refractivity contribution is 6.09. The van der Waals surface area contributed by atoms with Crippen molar-refractivity contribution in [3.63, 3.8) is 0 Å². The van der Waals surface area contributed by atoms with E-state index >= 15 is 0 Å². The molecular formula is C16H16N2O4. The molecule has 8 atom stereocenters. The monoisotopic (exact) mass is 300 g/mol. The van der Waals surface area contributed by atoms with Gasteiger partial charge in [0.25, 0.3) is 0 Å². The van der Waals surface area contributed by atoms with E-state index in [1.165, 1.54) is 0 Å². The number of carbonyl (C=O) groups excluding carboxylic acids is 4. The minimum absolute atomic E-state index is 0.0446. The summed E-state index contributed by atoms with van der Waals surface area (Å²) in [6.45, 7) is 3.92. The molecule has 2 saturated carbocycles. The second-order valence-electron chi connectivity index (χ2n) is 7.83. The molecule has 6 aliphatic rings. The second kappa shape index (κ2) is 3.19. The highest BCUT2D eigenvalue weighted by atomic mass is 16.2. The van der Waals surface area contributed by atoms with E-state index in [1.807, 2.05) is 26.0 Å². The Labute approximate surface area is 126 Å². The van der Waals surface area contributed by atoms with Crippen molar-refractivity contribution in [2.24, 2.45) is 46.3 Å². The lowest BCUT2D eigenvalue weighted by Gasteiger charge is -2.69. The van der Waals surface area contributed by atoms with Crippen LogP contribution in [0.1, 0.15) is 13.8 Å². The molecule has 6 heteroatoms. The minimum Gasteiger partial charge on any atom is -0.296 e. The third-order valence-corrected chi connectivity index (χ3v) is 7.12. The van der Waals surface area contributed by atoms with Gasteiger partial charge in [0.1, 0.15) is 0 Å². The molecule has 0 aromatic carbocycles. The van der Waals surface area contributed by atoms with Crippen molar-refractivity contribution < 1.29 is 19.2 Å². The smallest absolute Gasteiger partial charge is 0.231 e. The molecule has 0 aromatic heterocycles. The van der Waals surface area contributed by atoms with E-state index in [4.69, 9.17) is 0 Å². The molecule has 4 amide bonds. The van der Waals surface area contributed by atoms with Gasteiger partial charge in [0, 0.05) is 10.8 Å². The van der Waals surface area contributed by atoms with Crippen LogP contribution in [-0.4, -0.2) is 23.6 Å². The van der Waals surface area contributed by atoms with Crippen LogP contribution < -0.4 is 10.6 Å². The summed E-state index contributed by atoms with van der Waals surface area (Å²) in [5.41, 5.74) is -1.07. The van der Waals surface area contributed by atoms with Gasteiger partial charge in [-0.1, -0.05) is 26.0 Å². The summed E-state index contributed by atoms with van der Waals surface area (Å²) in [6.07, 6.45) is 4.03. The van der Waals surface area contributed by atoms with E-state index in [1.54, 1.807) is 0 Å². The molecule has 0 spiro atoms. The quantitative estimate of drug-likeness (QED) is 0.470. The molecule has 2 aliphatic heterocycles. The molecule has 6 rings (SSSR count). The SMILES string of the molecule is CC12C=CC(C)(C3C(=O)NC(=O)C31)C1C3C(=O)NC(=O)C3C12. The van der Waals surface area contributed by atoms with Gasteiger partial charge in [-0.05, 0) is 11.8 Å². The Morgan fingerprint density at radius 1 is 0.727 bits per heavy atom. The van der Waals surface area contributed by atoms with Crippen LogP contribution in [0, 0.1) is 46.3 Å². The zero-order chi connectivity index (χ0) is 15.6. The number of amides is 4. The average molecular weight is 300 g/mol. The maximum absolute atomic E-state index is 12.3. The molecule has 22 heavy (non-hydrogen) atoms. The van der Waals surface area contributed by atoms with Gasteiger partial charge in [-0.15, -0.1) is 0 Å². The Morgan fingerprint density at radius 2 is 1.09 bits per heavy atom. The standard InChI is InChI=1S/C16H16N2O4/c1-15-3-4-16(2,10-9(15)13(21)18-14(10)22)8-6-5(7(8)15)11(19)17-12(6)20/h3-10H,1-2H3,(H,17,19,20)(H,18,21,22). The number of hydrogen-bond acceptors (Lipinski definition) is 4. The van der Waals surface area contributed by atoms with Crippen LogP contribution in [0.3, 0.4) is 0 Å². The topological polar surface area (TPSA) is 92.3 Å². The van der Waals surface area contributed by atoms with Crippen LogP contribution in [-0.2, 0) is 19.2 Å². The normalized spacial score (nSPS) is 57.0. The fraction of sp³-hybridized carbons (Fsp3) is 0.625. The Balaban J connectivity index is 1.74. The van der Waals surface area contributed by atoms with Gasteiger partial charge in [-0.3, -0.25) is 29.8 Å². The summed E-state index contributed by atoms with van der Waals surface area (Å²) in [4.78, 5) is 49.0. The summed E-state index contributed by atoms with van der Waals surface area (Å²) < 4.78 is 0. The molecule has 6 nitrogen and oxygen atoms in total. The Morgan fingerprint density at radius 3 is 1.50 bits per heavy atom. The van der Waals surface area contributed by atoms with Gasteiger partial charge >= 0.3 is 0 Å². The van der Waals surface area contributed by atoms with Gasteiger partial charge < -0.3 is 0 Å². The van der Waals surface area contributed by atoms with Crippen LogP contribution in [0.4, 0.5) is 0 Å². The van der Waals surface area contributed by atoms with E-state index in [0.29, 0.717) is 0 Å². The predicted molar refractivity (Wildman–Crippen MR) is 72.6 cm³/mol. The summed E-state index contributed by atoms with van der Waals surface area (Å²) in [7, 11) is 0. The Kier molecular flexibility index (Phi) is 1.82.